The second kappa shape index (κ2) is 6.00. The summed E-state index contributed by atoms with van der Waals surface area (Å²) in [7, 11) is 0. The van der Waals surface area contributed by atoms with Gasteiger partial charge < -0.3 is 10.2 Å². The van der Waals surface area contributed by atoms with Crippen LogP contribution in [-0.2, 0) is 6.18 Å². The van der Waals surface area contributed by atoms with Crippen LogP contribution in [0.1, 0.15) is 29.7 Å². The van der Waals surface area contributed by atoms with E-state index in [4.69, 9.17) is 10.2 Å². The van der Waals surface area contributed by atoms with Crippen molar-refractivity contribution >= 4 is 11.0 Å². The monoisotopic (exact) mass is 348 g/mol. The highest BCUT2D eigenvalue weighted by atomic mass is 19.4. The van der Waals surface area contributed by atoms with Gasteiger partial charge in [0.25, 0.3) is 0 Å². The molecule has 130 valence electrons. The first kappa shape index (κ1) is 17.2. The molecule has 0 saturated heterocycles. The van der Waals surface area contributed by atoms with Crippen LogP contribution in [0.3, 0.4) is 0 Å². The summed E-state index contributed by atoms with van der Waals surface area (Å²) in [4.78, 5) is 16.8. The molecule has 0 radical (unpaired) electrons. The summed E-state index contributed by atoms with van der Waals surface area (Å²) in [5.41, 5.74) is 5.17. The molecule has 0 saturated carbocycles. The number of benzene rings is 1. The summed E-state index contributed by atoms with van der Waals surface area (Å²) in [6.45, 7) is 3.04. The van der Waals surface area contributed by atoms with Gasteiger partial charge in [0.15, 0.2) is 11.2 Å². The number of hydrogen-bond donors (Lipinski definition) is 1. The van der Waals surface area contributed by atoms with Gasteiger partial charge in [0.2, 0.25) is 0 Å². The van der Waals surface area contributed by atoms with E-state index in [2.05, 4.69) is 4.98 Å². The lowest BCUT2D eigenvalue weighted by atomic mass is 9.99. The first-order valence-electron chi connectivity index (χ1n) is 7.55. The number of nitrogens with two attached hydrogens (primary N) is 1. The topological polar surface area (TPSA) is 69.1 Å². The zero-order valence-electron chi connectivity index (χ0n) is 13.5. The highest BCUT2D eigenvalue weighted by molar-refractivity contribution is 5.84. The van der Waals surface area contributed by atoms with Crippen molar-refractivity contribution in [2.75, 3.05) is 0 Å². The quantitative estimate of drug-likeness (QED) is 0.753. The Balaban J connectivity index is 2.42. The molecular weight excluding hydrogens is 333 g/mol. The van der Waals surface area contributed by atoms with Gasteiger partial charge in [0, 0.05) is 23.4 Å². The molecule has 0 fully saturated rings. The van der Waals surface area contributed by atoms with Gasteiger partial charge in [-0.15, -0.1) is 0 Å². The number of aromatic nitrogens is 1. The van der Waals surface area contributed by atoms with E-state index in [0.29, 0.717) is 5.69 Å². The Bertz CT molecular complexity index is 993. The maximum atomic E-state index is 13.2. The molecule has 25 heavy (non-hydrogen) atoms. The number of alkyl halides is 3. The standard InChI is InChI=1S/C18H15F3N2O2/c1-9-15(24)13-8-11(18(19,20)21)7-12(10(2)22)17(13)25-16(9)14-5-3-4-6-23-14/h3-8,10H,22H2,1-2H3/t10-/m1/s1. The molecule has 0 aliphatic heterocycles. The average molecular weight is 348 g/mol. The maximum Gasteiger partial charge on any atom is 0.416 e. The number of rotatable bonds is 2. The Morgan fingerprint density at radius 2 is 1.96 bits per heavy atom. The number of hydrogen-bond acceptors (Lipinski definition) is 4. The lowest BCUT2D eigenvalue weighted by molar-refractivity contribution is -0.137. The number of halogens is 3. The largest absolute Gasteiger partial charge is 0.454 e. The van der Waals surface area contributed by atoms with Gasteiger partial charge in [-0.1, -0.05) is 6.07 Å². The van der Waals surface area contributed by atoms with E-state index in [1.54, 1.807) is 18.2 Å². The Hall–Kier alpha value is -2.67. The molecule has 7 heteroatoms. The summed E-state index contributed by atoms with van der Waals surface area (Å²) in [5.74, 6) is 0.222. The molecule has 3 aromatic rings. The molecule has 3 rings (SSSR count). The van der Waals surface area contributed by atoms with Crippen molar-refractivity contribution in [2.24, 2.45) is 5.73 Å². The third kappa shape index (κ3) is 3.02. The van der Waals surface area contributed by atoms with Crippen molar-refractivity contribution in [2.45, 2.75) is 26.1 Å². The molecule has 0 unspecified atom stereocenters. The summed E-state index contributed by atoms with van der Waals surface area (Å²) in [5, 5.41) is -0.140. The molecule has 2 heterocycles. The minimum atomic E-state index is -4.59. The predicted molar refractivity (Wildman–Crippen MR) is 88.1 cm³/mol. The van der Waals surface area contributed by atoms with E-state index in [1.165, 1.54) is 20.0 Å². The van der Waals surface area contributed by atoms with Crippen LogP contribution < -0.4 is 11.2 Å². The lowest BCUT2D eigenvalue weighted by Gasteiger charge is -2.15. The van der Waals surface area contributed by atoms with E-state index >= 15 is 0 Å². The first-order chi connectivity index (χ1) is 11.7. The third-order valence-electron chi connectivity index (χ3n) is 3.96. The molecule has 0 aliphatic rings. The number of nitrogens with zero attached hydrogens (tertiary/aromatic N) is 1. The molecular formula is C18H15F3N2O2. The van der Waals surface area contributed by atoms with Crippen molar-refractivity contribution in [3.63, 3.8) is 0 Å². The van der Waals surface area contributed by atoms with Gasteiger partial charge in [0.1, 0.15) is 11.3 Å². The van der Waals surface area contributed by atoms with Crippen LogP contribution in [-0.4, -0.2) is 4.98 Å². The van der Waals surface area contributed by atoms with E-state index in [-0.39, 0.29) is 27.9 Å². The van der Waals surface area contributed by atoms with E-state index in [0.717, 1.165) is 12.1 Å². The Morgan fingerprint density at radius 1 is 1.24 bits per heavy atom. The molecule has 0 spiro atoms. The summed E-state index contributed by atoms with van der Waals surface area (Å²) >= 11 is 0. The van der Waals surface area contributed by atoms with Crippen LogP contribution >= 0.6 is 0 Å². The van der Waals surface area contributed by atoms with Crippen molar-refractivity contribution < 1.29 is 17.6 Å². The summed E-state index contributed by atoms with van der Waals surface area (Å²) in [6.07, 6.45) is -3.05. The summed E-state index contributed by atoms with van der Waals surface area (Å²) < 4.78 is 45.3. The number of pyridine rings is 1. The third-order valence-corrected chi connectivity index (χ3v) is 3.96. The van der Waals surface area contributed by atoms with Crippen LogP contribution in [0, 0.1) is 6.92 Å². The van der Waals surface area contributed by atoms with Crippen LogP contribution in [0.15, 0.2) is 45.7 Å². The molecule has 1 atom stereocenters. The van der Waals surface area contributed by atoms with Crippen LogP contribution in [0.2, 0.25) is 0 Å². The SMILES string of the molecule is Cc1c(-c2ccccn2)oc2c([C@@H](C)N)cc(C(F)(F)F)cc2c1=O. The predicted octanol–water partition coefficient (Wildman–Crippen LogP) is 4.20. The zero-order chi connectivity index (χ0) is 18.4. The van der Waals surface area contributed by atoms with Crippen molar-refractivity contribution in [1.82, 2.24) is 4.98 Å². The minimum Gasteiger partial charge on any atom is -0.454 e. The highest BCUT2D eigenvalue weighted by Crippen LogP contribution is 2.35. The van der Waals surface area contributed by atoms with Crippen molar-refractivity contribution in [3.8, 4) is 11.5 Å². The number of fused-ring (bicyclic) bond motifs is 1. The maximum absolute atomic E-state index is 13.2. The highest BCUT2D eigenvalue weighted by Gasteiger charge is 2.33. The molecule has 0 amide bonds. The normalized spacial score (nSPS) is 13.2. The molecule has 0 bridgehead atoms. The fourth-order valence-corrected chi connectivity index (χ4v) is 2.66. The molecule has 2 aromatic heterocycles. The van der Waals surface area contributed by atoms with Crippen molar-refractivity contribution in [3.05, 3.63) is 63.4 Å². The fourth-order valence-electron chi connectivity index (χ4n) is 2.66. The molecule has 1 aromatic carbocycles. The molecule has 0 aliphatic carbocycles. The average Bonchev–Trinajstić information content (AvgIpc) is 2.57. The van der Waals surface area contributed by atoms with E-state index < -0.39 is 23.2 Å². The zero-order valence-corrected chi connectivity index (χ0v) is 13.5. The van der Waals surface area contributed by atoms with Crippen LogP contribution in [0.5, 0.6) is 0 Å². The van der Waals surface area contributed by atoms with Crippen molar-refractivity contribution in [1.29, 1.82) is 0 Å². The Labute approximate surface area is 141 Å². The second-order valence-electron chi connectivity index (χ2n) is 5.83. The molecule has 2 N–H and O–H groups in total. The van der Waals surface area contributed by atoms with Gasteiger partial charge in [-0.2, -0.15) is 13.2 Å². The Morgan fingerprint density at radius 3 is 2.52 bits per heavy atom. The van der Waals surface area contributed by atoms with Gasteiger partial charge in [0.05, 0.1) is 10.9 Å². The van der Waals surface area contributed by atoms with Crippen LogP contribution in [0.4, 0.5) is 13.2 Å². The lowest BCUT2D eigenvalue weighted by Crippen LogP contribution is -2.15. The smallest absolute Gasteiger partial charge is 0.416 e. The van der Waals surface area contributed by atoms with Gasteiger partial charge >= 0.3 is 6.18 Å². The first-order valence-corrected chi connectivity index (χ1v) is 7.55. The van der Waals surface area contributed by atoms with Crippen LogP contribution in [0.25, 0.3) is 22.4 Å². The summed E-state index contributed by atoms with van der Waals surface area (Å²) in [6, 6.07) is 6.08. The Kier molecular flexibility index (Phi) is 4.12. The van der Waals surface area contributed by atoms with Gasteiger partial charge in [-0.3, -0.25) is 9.78 Å². The molecule has 4 nitrogen and oxygen atoms in total. The van der Waals surface area contributed by atoms with E-state index in [9.17, 15) is 18.0 Å². The fraction of sp³-hybridized carbons (Fsp3) is 0.222. The van der Waals surface area contributed by atoms with Gasteiger partial charge in [-0.25, -0.2) is 0 Å². The second-order valence-corrected chi connectivity index (χ2v) is 5.83. The van der Waals surface area contributed by atoms with Gasteiger partial charge in [-0.05, 0) is 38.1 Å². The van der Waals surface area contributed by atoms with E-state index in [1.807, 2.05) is 0 Å². The minimum absolute atomic E-state index is 0.0549.